The molecule has 0 bridgehead atoms. The highest BCUT2D eigenvalue weighted by molar-refractivity contribution is 6.30. The van der Waals surface area contributed by atoms with Crippen molar-refractivity contribution in [1.82, 2.24) is 9.80 Å². The first-order valence-corrected chi connectivity index (χ1v) is 8.76. The third-order valence-electron chi connectivity index (χ3n) is 3.90. The second-order valence-corrected chi connectivity index (χ2v) is 7.62. The van der Waals surface area contributed by atoms with Gasteiger partial charge in [0, 0.05) is 43.9 Å². The summed E-state index contributed by atoms with van der Waals surface area (Å²) in [5.74, 6) is -0.0656. The highest BCUT2D eigenvalue weighted by Gasteiger charge is 2.25. The van der Waals surface area contributed by atoms with E-state index in [0.29, 0.717) is 18.1 Å². The number of rotatable bonds is 3. The van der Waals surface area contributed by atoms with Gasteiger partial charge in [-0.25, -0.2) is 4.79 Å². The Bertz CT molecular complexity index is 605. The van der Waals surface area contributed by atoms with Crippen molar-refractivity contribution in [3.8, 4) is 0 Å². The van der Waals surface area contributed by atoms with Gasteiger partial charge in [0.25, 0.3) is 0 Å². The van der Waals surface area contributed by atoms with Gasteiger partial charge in [0.2, 0.25) is 5.91 Å². The van der Waals surface area contributed by atoms with Crippen molar-refractivity contribution in [1.29, 1.82) is 0 Å². The molecule has 1 aromatic rings. The molecular formula is C18H26ClN3O3. The van der Waals surface area contributed by atoms with Crippen LogP contribution < -0.4 is 4.90 Å². The van der Waals surface area contributed by atoms with Crippen LogP contribution in [0.3, 0.4) is 0 Å². The molecule has 0 spiro atoms. The Balaban J connectivity index is 1.82. The van der Waals surface area contributed by atoms with Crippen molar-refractivity contribution in [3.63, 3.8) is 0 Å². The first-order chi connectivity index (χ1) is 11.7. The smallest absolute Gasteiger partial charge is 0.410 e. The van der Waals surface area contributed by atoms with Gasteiger partial charge in [0.1, 0.15) is 12.1 Å². The van der Waals surface area contributed by atoms with Gasteiger partial charge in [-0.1, -0.05) is 11.6 Å². The van der Waals surface area contributed by atoms with Gasteiger partial charge in [0.05, 0.1) is 0 Å². The van der Waals surface area contributed by atoms with Crippen molar-refractivity contribution >= 4 is 29.3 Å². The number of anilines is 1. The van der Waals surface area contributed by atoms with E-state index in [9.17, 15) is 9.59 Å². The van der Waals surface area contributed by atoms with E-state index in [1.807, 2.05) is 24.3 Å². The van der Waals surface area contributed by atoms with Gasteiger partial charge in [0.15, 0.2) is 0 Å². The highest BCUT2D eigenvalue weighted by atomic mass is 35.5. The number of hydrogen-bond acceptors (Lipinski definition) is 4. The first-order valence-electron chi connectivity index (χ1n) is 8.38. The third-order valence-corrected chi connectivity index (χ3v) is 4.15. The average Bonchev–Trinajstić information content (AvgIpc) is 2.54. The number of nitrogens with zero attached hydrogens (tertiary/aromatic N) is 3. The summed E-state index contributed by atoms with van der Waals surface area (Å²) in [5.41, 5.74) is 0.529. The summed E-state index contributed by atoms with van der Waals surface area (Å²) < 4.78 is 5.27. The van der Waals surface area contributed by atoms with Crippen LogP contribution in [0.5, 0.6) is 0 Å². The van der Waals surface area contributed by atoms with Gasteiger partial charge < -0.3 is 19.4 Å². The largest absolute Gasteiger partial charge is 0.444 e. The second kappa shape index (κ2) is 7.95. The molecule has 0 saturated carbocycles. The Labute approximate surface area is 154 Å². The molecule has 25 heavy (non-hydrogen) atoms. The molecule has 2 rings (SSSR count). The van der Waals surface area contributed by atoms with E-state index in [1.165, 1.54) is 4.90 Å². The van der Waals surface area contributed by atoms with E-state index < -0.39 is 11.7 Å². The van der Waals surface area contributed by atoms with Crippen LogP contribution >= 0.6 is 11.6 Å². The van der Waals surface area contributed by atoms with Crippen LogP contribution in [0, 0.1) is 0 Å². The molecular weight excluding hydrogens is 342 g/mol. The molecule has 1 fully saturated rings. The maximum Gasteiger partial charge on any atom is 0.410 e. The zero-order valence-corrected chi connectivity index (χ0v) is 16.0. The van der Waals surface area contributed by atoms with E-state index in [1.54, 1.807) is 32.7 Å². The SMILES string of the molecule is CN(CC(=O)N1CCN(c2ccc(Cl)cc2)CC1)C(=O)OC(C)(C)C. The topological polar surface area (TPSA) is 53.1 Å². The molecule has 1 aliphatic rings. The van der Waals surface area contributed by atoms with Gasteiger partial charge >= 0.3 is 6.09 Å². The zero-order chi connectivity index (χ0) is 18.6. The van der Waals surface area contributed by atoms with E-state index in [4.69, 9.17) is 16.3 Å². The number of likely N-dealkylation sites (N-methyl/N-ethyl adjacent to an activating group) is 1. The minimum Gasteiger partial charge on any atom is -0.444 e. The molecule has 6 nitrogen and oxygen atoms in total. The standard InChI is InChI=1S/C18H26ClN3O3/c1-18(2,3)25-17(24)20(4)13-16(23)22-11-9-21(10-12-22)15-7-5-14(19)6-8-15/h5-8H,9-13H2,1-4H3. The van der Waals surface area contributed by atoms with E-state index in [2.05, 4.69) is 4.90 Å². The molecule has 7 heteroatoms. The normalized spacial score (nSPS) is 15.1. The van der Waals surface area contributed by atoms with Crippen LogP contribution in [0.15, 0.2) is 24.3 Å². The van der Waals surface area contributed by atoms with Gasteiger partial charge in [-0.05, 0) is 45.0 Å². The maximum absolute atomic E-state index is 12.4. The Morgan fingerprint density at radius 3 is 2.20 bits per heavy atom. The van der Waals surface area contributed by atoms with Crippen LogP contribution in [0.1, 0.15) is 20.8 Å². The lowest BCUT2D eigenvalue weighted by Gasteiger charge is -2.36. The fraction of sp³-hybridized carbons (Fsp3) is 0.556. The number of halogens is 1. The van der Waals surface area contributed by atoms with Crippen molar-refractivity contribution < 1.29 is 14.3 Å². The van der Waals surface area contributed by atoms with Crippen LogP contribution in [-0.4, -0.2) is 67.2 Å². The molecule has 138 valence electrons. The first kappa shape index (κ1) is 19.4. The van der Waals surface area contributed by atoms with Crippen molar-refractivity contribution in [2.24, 2.45) is 0 Å². The number of piperazine rings is 1. The number of benzene rings is 1. The predicted octanol–water partition coefficient (Wildman–Crippen LogP) is 2.86. The minimum absolute atomic E-state index is 0.0237. The molecule has 0 radical (unpaired) electrons. The molecule has 0 N–H and O–H groups in total. The third kappa shape index (κ3) is 5.81. The summed E-state index contributed by atoms with van der Waals surface area (Å²) >= 11 is 5.92. The van der Waals surface area contributed by atoms with E-state index in [0.717, 1.165) is 18.8 Å². The summed E-state index contributed by atoms with van der Waals surface area (Å²) in [4.78, 5) is 29.7. The molecule has 0 aromatic heterocycles. The Kier molecular flexibility index (Phi) is 6.16. The van der Waals surface area contributed by atoms with E-state index in [-0.39, 0.29) is 12.5 Å². The van der Waals surface area contributed by atoms with Gasteiger partial charge in [-0.15, -0.1) is 0 Å². The summed E-state index contributed by atoms with van der Waals surface area (Å²) in [6, 6.07) is 7.70. The number of carbonyl (C=O) groups excluding carboxylic acids is 2. The number of amides is 2. The Morgan fingerprint density at radius 2 is 1.68 bits per heavy atom. The lowest BCUT2D eigenvalue weighted by atomic mass is 10.2. The van der Waals surface area contributed by atoms with Crippen LogP contribution in [0.25, 0.3) is 0 Å². The summed E-state index contributed by atoms with van der Waals surface area (Å²) in [6.45, 7) is 8.19. The van der Waals surface area contributed by atoms with Gasteiger partial charge in [-0.2, -0.15) is 0 Å². The molecule has 0 aliphatic carbocycles. The van der Waals surface area contributed by atoms with Crippen LogP contribution in [0.2, 0.25) is 5.02 Å². The van der Waals surface area contributed by atoms with Crippen LogP contribution in [-0.2, 0) is 9.53 Å². The van der Waals surface area contributed by atoms with Crippen LogP contribution in [0.4, 0.5) is 10.5 Å². The minimum atomic E-state index is -0.571. The number of hydrogen-bond donors (Lipinski definition) is 0. The molecule has 1 aromatic carbocycles. The van der Waals surface area contributed by atoms with Crippen molar-refractivity contribution in [3.05, 3.63) is 29.3 Å². The maximum atomic E-state index is 12.4. The summed E-state index contributed by atoms with van der Waals surface area (Å²) in [6.07, 6.45) is -0.486. The summed E-state index contributed by atoms with van der Waals surface area (Å²) in [5, 5.41) is 0.711. The Morgan fingerprint density at radius 1 is 1.12 bits per heavy atom. The number of carbonyl (C=O) groups is 2. The number of ether oxygens (including phenoxy) is 1. The average molecular weight is 368 g/mol. The lowest BCUT2D eigenvalue weighted by molar-refractivity contribution is -0.132. The molecule has 2 amide bonds. The van der Waals surface area contributed by atoms with Crippen molar-refractivity contribution in [2.45, 2.75) is 26.4 Å². The fourth-order valence-corrected chi connectivity index (χ4v) is 2.70. The lowest BCUT2D eigenvalue weighted by Crippen LogP contribution is -2.51. The zero-order valence-electron chi connectivity index (χ0n) is 15.3. The Hall–Kier alpha value is -1.95. The van der Waals surface area contributed by atoms with E-state index >= 15 is 0 Å². The molecule has 0 atom stereocenters. The molecule has 1 saturated heterocycles. The molecule has 1 aliphatic heterocycles. The molecule has 1 heterocycles. The van der Waals surface area contributed by atoms with Gasteiger partial charge in [-0.3, -0.25) is 4.79 Å². The molecule has 0 unspecified atom stereocenters. The second-order valence-electron chi connectivity index (χ2n) is 7.18. The fourth-order valence-electron chi connectivity index (χ4n) is 2.57. The predicted molar refractivity (Wildman–Crippen MR) is 99.1 cm³/mol. The summed E-state index contributed by atoms with van der Waals surface area (Å²) in [7, 11) is 1.58. The van der Waals surface area contributed by atoms with Crippen molar-refractivity contribution in [2.75, 3.05) is 44.7 Å². The quantitative estimate of drug-likeness (QED) is 0.824. The highest BCUT2D eigenvalue weighted by Crippen LogP contribution is 2.19. The monoisotopic (exact) mass is 367 g/mol.